The molecule has 3 heterocycles. The molecule has 0 bridgehead atoms. The van der Waals surface area contributed by atoms with Crippen molar-refractivity contribution in [2.24, 2.45) is 0 Å². The minimum Gasteiger partial charge on any atom is -0.342 e. The van der Waals surface area contributed by atoms with Crippen LogP contribution in [0, 0.1) is 0 Å². The van der Waals surface area contributed by atoms with E-state index >= 15 is 0 Å². The van der Waals surface area contributed by atoms with Gasteiger partial charge in [0.2, 0.25) is 5.91 Å². The number of carbonyl (C=O) groups excluding carboxylic acids is 1. The standard InChI is InChI=1S/C21H23N3OS2/c1-15(21(25)24-11-7-2-3-8-12-24)27-20-18-17(16-9-5-4-6-10-16)13-26-19(18)22-14-23-20/h4-6,9-10,13-15H,2-3,7-8,11-12H2,1H3. The third-order valence-corrected chi connectivity index (χ3v) is 6.95. The second kappa shape index (κ2) is 8.40. The SMILES string of the molecule is CC(Sc1ncnc2scc(-c3ccccc3)c12)C(=O)N1CCCCCC1. The molecule has 0 radical (unpaired) electrons. The molecule has 1 aliphatic rings. The van der Waals surface area contributed by atoms with Crippen LogP contribution in [0.1, 0.15) is 32.6 Å². The summed E-state index contributed by atoms with van der Waals surface area (Å²) >= 11 is 3.19. The number of benzene rings is 1. The van der Waals surface area contributed by atoms with Gasteiger partial charge in [-0.25, -0.2) is 9.97 Å². The van der Waals surface area contributed by atoms with E-state index in [2.05, 4.69) is 27.5 Å². The van der Waals surface area contributed by atoms with E-state index in [9.17, 15) is 4.79 Å². The quantitative estimate of drug-likeness (QED) is 0.446. The van der Waals surface area contributed by atoms with Crippen LogP contribution in [-0.4, -0.2) is 39.1 Å². The van der Waals surface area contributed by atoms with Gasteiger partial charge in [-0.05, 0) is 25.3 Å². The maximum Gasteiger partial charge on any atom is 0.235 e. The van der Waals surface area contributed by atoms with Crippen molar-refractivity contribution in [2.45, 2.75) is 42.9 Å². The minimum absolute atomic E-state index is 0.148. The Balaban J connectivity index is 1.62. The molecule has 4 nitrogen and oxygen atoms in total. The van der Waals surface area contributed by atoms with E-state index in [4.69, 9.17) is 0 Å². The molecule has 2 aromatic heterocycles. The molecule has 0 saturated carbocycles. The van der Waals surface area contributed by atoms with Crippen molar-refractivity contribution in [1.82, 2.24) is 14.9 Å². The molecular formula is C21H23N3OS2. The van der Waals surface area contributed by atoms with Crippen molar-refractivity contribution in [3.05, 3.63) is 42.0 Å². The zero-order chi connectivity index (χ0) is 18.6. The second-order valence-corrected chi connectivity index (χ2v) is 9.06. The third kappa shape index (κ3) is 4.01. The fourth-order valence-corrected chi connectivity index (χ4v) is 5.53. The lowest BCUT2D eigenvalue weighted by atomic mass is 10.1. The van der Waals surface area contributed by atoms with Crippen LogP contribution in [0.15, 0.2) is 47.1 Å². The molecule has 0 aliphatic carbocycles. The molecule has 1 aromatic carbocycles. The highest BCUT2D eigenvalue weighted by molar-refractivity contribution is 8.00. The Labute approximate surface area is 168 Å². The first-order valence-corrected chi connectivity index (χ1v) is 11.2. The number of hydrogen-bond donors (Lipinski definition) is 0. The van der Waals surface area contributed by atoms with Crippen LogP contribution in [0.25, 0.3) is 21.3 Å². The van der Waals surface area contributed by atoms with Crippen LogP contribution in [0.3, 0.4) is 0 Å². The van der Waals surface area contributed by atoms with E-state index in [1.165, 1.54) is 12.8 Å². The van der Waals surface area contributed by atoms with Crippen LogP contribution in [-0.2, 0) is 4.79 Å². The summed E-state index contributed by atoms with van der Waals surface area (Å²) in [7, 11) is 0. The van der Waals surface area contributed by atoms with Crippen molar-refractivity contribution >= 4 is 39.2 Å². The van der Waals surface area contributed by atoms with Gasteiger partial charge in [-0.2, -0.15) is 0 Å². The van der Waals surface area contributed by atoms with Gasteiger partial charge < -0.3 is 4.90 Å². The summed E-state index contributed by atoms with van der Waals surface area (Å²) in [5.41, 5.74) is 2.31. The van der Waals surface area contributed by atoms with E-state index < -0.39 is 0 Å². The predicted molar refractivity (Wildman–Crippen MR) is 113 cm³/mol. The fraction of sp³-hybridized carbons (Fsp3) is 0.381. The Bertz CT molecular complexity index is 918. The summed E-state index contributed by atoms with van der Waals surface area (Å²) in [5, 5.41) is 3.95. The number of nitrogens with zero attached hydrogens (tertiary/aromatic N) is 3. The van der Waals surface area contributed by atoms with Gasteiger partial charge in [-0.3, -0.25) is 4.79 Å². The lowest BCUT2D eigenvalue weighted by Gasteiger charge is -2.23. The molecule has 1 unspecified atom stereocenters. The molecule has 6 heteroatoms. The molecule has 4 rings (SSSR count). The van der Waals surface area contributed by atoms with Gasteiger partial charge in [0, 0.05) is 24.0 Å². The lowest BCUT2D eigenvalue weighted by molar-refractivity contribution is -0.130. The smallest absolute Gasteiger partial charge is 0.235 e. The van der Waals surface area contributed by atoms with E-state index in [0.717, 1.165) is 52.3 Å². The van der Waals surface area contributed by atoms with Crippen LogP contribution < -0.4 is 0 Å². The highest BCUT2D eigenvalue weighted by atomic mass is 32.2. The van der Waals surface area contributed by atoms with Gasteiger partial charge in [0.15, 0.2) is 0 Å². The van der Waals surface area contributed by atoms with Gasteiger partial charge in [0.25, 0.3) is 0 Å². The summed E-state index contributed by atoms with van der Waals surface area (Å²) in [6.07, 6.45) is 6.30. The van der Waals surface area contributed by atoms with Gasteiger partial charge >= 0.3 is 0 Å². The van der Waals surface area contributed by atoms with Crippen LogP contribution in [0.2, 0.25) is 0 Å². The minimum atomic E-state index is -0.148. The van der Waals surface area contributed by atoms with Crippen molar-refractivity contribution < 1.29 is 4.79 Å². The largest absolute Gasteiger partial charge is 0.342 e. The molecule has 27 heavy (non-hydrogen) atoms. The normalized spacial score (nSPS) is 16.3. The summed E-state index contributed by atoms with van der Waals surface area (Å²) in [4.78, 5) is 24.9. The molecule has 0 N–H and O–H groups in total. The number of fused-ring (bicyclic) bond motifs is 1. The topological polar surface area (TPSA) is 46.1 Å². The Hall–Kier alpha value is -1.92. The Kier molecular flexibility index (Phi) is 5.74. The van der Waals surface area contributed by atoms with Crippen molar-refractivity contribution in [1.29, 1.82) is 0 Å². The predicted octanol–water partition coefficient (Wildman–Crippen LogP) is 5.24. The number of aromatic nitrogens is 2. The molecule has 1 saturated heterocycles. The van der Waals surface area contributed by atoms with Gasteiger partial charge in [0.1, 0.15) is 16.2 Å². The summed E-state index contributed by atoms with van der Waals surface area (Å²) in [6, 6.07) is 10.3. The summed E-state index contributed by atoms with van der Waals surface area (Å²) in [6.45, 7) is 3.77. The maximum absolute atomic E-state index is 12.9. The van der Waals surface area contributed by atoms with Crippen LogP contribution in [0.5, 0.6) is 0 Å². The monoisotopic (exact) mass is 397 g/mol. The van der Waals surface area contributed by atoms with E-state index in [1.807, 2.05) is 30.0 Å². The fourth-order valence-electron chi connectivity index (χ4n) is 3.53. The molecule has 1 fully saturated rings. The zero-order valence-electron chi connectivity index (χ0n) is 15.4. The number of rotatable bonds is 4. The highest BCUT2D eigenvalue weighted by Gasteiger charge is 2.24. The van der Waals surface area contributed by atoms with Crippen LogP contribution >= 0.6 is 23.1 Å². The lowest BCUT2D eigenvalue weighted by Crippen LogP contribution is -2.37. The van der Waals surface area contributed by atoms with E-state index in [-0.39, 0.29) is 11.2 Å². The number of thioether (sulfide) groups is 1. The molecule has 140 valence electrons. The number of hydrogen-bond acceptors (Lipinski definition) is 5. The van der Waals surface area contributed by atoms with Gasteiger partial charge in [-0.1, -0.05) is 54.9 Å². The van der Waals surface area contributed by atoms with Gasteiger partial charge in [-0.15, -0.1) is 11.3 Å². The molecule has 1 aliphatic heterocycles. The van der Waals surface area contributed by atoms with E-state index in [1.54, 1.807) is 29.4 Å². The van der Waals surface area contributed by atoms with Crippen molar-refractivity contribution in [2.75, 3.05) is 13.1 Å². The Morgan fingerprint density at radius 2 is 1.85 bits per heavy atom. The summed E-state index contributed by atoms with van der Waals surface area (Å²) in [5.74, 6) is 0.227. The van der Waals surface area contributed by atoms with E-state index in [0.29, 0.717) is 0 Å². The Morgan fingerprint density at radius 3 is 2.59 bits per heavy atom. The first kappa shape index (κ1) is 18.4. The zero-order valence-corrected chi connectivity index (χ0v) is 17.1. The number of likely N-dealkylation sites (tertiary alicyclic amines) is 1. The maximum atomic E-state index is 12.9. The molecule has 1 amide bonds. The second-order valence-electron chi connectivity index (χ2n) is 6.87. The van der Waals surface area contributed by atoms with Crippen LogP contribution in [0.4, 0.5) is 0 Å². The summed E-state index contributed by atoms with van der Waals surface area (Å²) < 4.78 is 0. The van der Waals surface area contributed by atoms with Gasteiger partial charge in [0.05, 0.1) is 10.6 Å². The number of thiophene rings is 1. The third-order valence-electron chi connectivity index (χ3n) is 4.97. The molecule has 0 spiro atoms. The van der Waals surface area contributed by atoms with Crippen molar-refractivity contribution in [3.8, 4) is 11.1 Å². The Morgan fingerprint density at radius 1 is 1.11 bits per heavy atom. The first-order chi connectivity index (χ1) is 13.2. The first-order valence-electron chi connectivity index (χ1n) is 9.47. The van der Waals surface area contributed by atoms with Crippen molar-refractivity contribution in [3.63, 3.8) is 0 Å². The number of carbonyl (C=O) groups is 1. The molecule has 1 atom stereocenters. The number of amides is 1. The average Bonchev–Trinajstić information content (AvgIpc) is 2.96. The molecule has 3 aromatic rings. The average molecular weight is 398 g/mol. The highest BCUT2D eigenvalue weighted by Crippen LogP contribution is 2.39. The molecular weight excluding hydrogens is 374 g/mol.